The average molecular weight is 221 g/mol. The standard InChI is InChI=1S/C10H5ClN2O2/c11-4-7(14)6-2-1-3-8-10(6)13-9(5-12)15-8/h1-3H,4H2. The van der Waals surface area contributed by atoms with Crippen molar-refractivity contribution < 1.29 is 9.21 Å². The molecule has 1 aromatic heterocycles. The summed E-state index contributed by atoms with van der Waals surface area (Å²) in [7, 11) is 0. The number of aromatic nitrogens is 1. The lowest BCUT2D eigenvalue weighted by molar-refractivity contribution is 0.102. The van der Waals surface area contributed by atoms with Crippen LogP contribution in [0.3, 0.4) is 0 Å². The summed E-state index contributed by atoms with van der Waals surface area (Å²) in [4.78, 5) is 15.3. The molecule has 1 heterocycles. The monoisotopic (exact) mass is 220 g/mol. The van der Waals surface area contributed by atoms with Crippen LogP contribution >= 0.6 is 11.6 Å². The van der Waals surface area contributed by atoms with E-state index in [9.17, 15) is 4.79 Å². The van der Waals surface area contributed by atoms with Gasteiger partial charge in [0, 0.05) is 5.56 Å². The van der Waals surface area contributed by atoms with Crippen LogP contribution in [0, 0.1) is 11.3 Å². The summed E-state index contributed by atoms with van der Waals surface area (Å²) >= 11 is 5.45. The number of Topliss-reactive ketones (excluding diaryl/α,β-unsaturated/α-hetero) is 1. The summed E-state index contributed by atoms with van der Waals surface area (Å²) in [5, 5.41) is 8.61. The number of para-hydroxylation sites is 1. The Morgan fingerprint density at radius 3 is 3.07 bits per heavy atom. The summed E-state index contributed by atoms with van der Waals surface area (Å²) in [5.41, 5.74) is 1.19. The number of carbonyl (C=O) groups is 1. The largest absolute Gasteiger partial charge is 0.428 e. The molecule has 0 unspecified atom stereocenters. The maximum Gasteiger partial charge on any atom is 0.301 e. The molecule has 0 fully saturated rings. The Morgan fingerprint density at radius 1 is 1.60 bits per heavy atom. The maximum atomic E-state index is 11.4. The highest BCUT2D eigenvalue weighted by Gasteiger charge is 2.13. The fourth-order valence-corrected chi connectivity index (χ4v) is 1.44. The maximum absolute atomic E-state index is 11.4. The molecular weight excluding hydrogens is 216 g/mol. The molecule has 0 bridgehead atoms. The second kappa shape index (κ2) is 3.71. The van der Waals surface area contributed by atoms with E-state index in [2.05, 4.69) is 4.98 Å². The Morgan fingerprint density at radius 2 is 2.40 bits per heavy atom. The Bertz CT molecular complexity index is 568. The highest BCUT2D eigenvalue weighted by Crippen LogP contribution is 2.19. The molecule has 0 aliphatic rings. The molecule has 0 aliphatic carbocycles. The number of nitriles is 1. The van der Waals surface area contributed by atoms with Crippen molar-refractivity contribution in [3.05, 3.63) is 29.7 Å². The predicted octanol–water partition coefficient (Wildman–Crippen LogP) is 2.12. The van der Waals surface area contributed by atoms with E-state index in [1.54, 1.807) is 24.3 Å². The van der Waals surface area contributed by atoms with Crippen LogP contribution in [0.2, 0.25) is 0 Å². The van der Waals surface area contributed by atoms with Gasteiger partial charge in [-0.05, 0) is 12.1 Å². The number of hydrogen-bond acceptors (Lipinski definition) is 4. The molecule has 0 N–H and O–H groups in total. The van der Waals surface area contributed by atoms with Crippen molar-refractivity contribution in [1.29, 1.82) is 5.26 Å². The van der Waals surface area contributed by atoms with Crippen LogP contribution < -0.4 is 0 Å². The summed E-state index contributed by atoms with van der Waals surface area (Å²) < 4.78 is 5.08. The molecule has 15 heavy (non-hydrogen) atoms. The lowest BCUT2D eigenvalue weighted by Crippen LogP contribution is -2.00. The summed E-state index contributed by atoms with van der Waals surface area (Å²) in [6.07, 6.45) is 0. The number of benzene rings is 1. The predicted molar refractivity (Wildman–Crippen MR) is 53.8 cm³/mol. The summed E-state index contributed by atoms with van der Waals surface area (Å²) in [6, 6.07) is 6.69. The molecule has 0 aliphatic heterocycles. The molecule has 0 atom stereocenters. The van der Waals surface area contributed by atoms with Gasteiger partial charge in [-0.25, -0.2) is 0 Å². The van der Waals surface area contributed by atoms with E-state index in [1.807, 2.05) is 0 Å². The zero-order valence-electron chi connectivity index (χ0n) is 7.53. The van der Waals surface area contributed by atoms with E-state index < -0.39 is 0 Å². The van der Waals surface area contributed by atoms with Gasteiger partial charge < -0.3 is 4.42 Å². The van der Waals surface area contributed by atoms with Crippen molar-refractivity contribution in [1.82, 2.24) is 4.98 Å². The van der Waals surface area contributed by atoms with Crippen LogP contribution in [0.1, 0.15) is 16.2 Å². The lowest BCUT2D eigenvalue weighted by Gasteiger charge is -1.95. The highest BCUT2D eigenvalue weighted by molar-refractivity contribution is 6.31. The molecule has 4 nitrogen and oxygen atoms in total. The fraction of sp³-hybridized carbons (Fsp3) is 0.100. The van der Waals surface area contributed by atoms with Crippen LogP contribution in [0.25, 0.3) is 11.1 Å². The first-order valence-electron chi connectivity index (χ1n) is 4.15. The van der Waals surface area contributed by atoms with E-state index in [1.165, 1.54) is 0 Å². The summed E-state index contributed by atoms with van der Waals surface area (Å²) in [6.45, 7) is 0. The van der Waals surface area contributed by atoms with Gasteiger partial charge in [0.05, 0.1) is 5.88 Å². The zero-order valence-corrected chi connectivity index (χ0v) is 8.28. The Hall–Kier alpha value is -1.86. The van der Waals surface area contributed by atoms with E-state index in [0.717, 1.165) is 0 Å². The second-order valence-electron chi connectivity index (χ2n) is 2.84. The molecule has 1 aromatic carbocycles. The molecule has 0 amide bonds. The second-order valence-corrected chi connectivity index (χ2v) is 3.11. The first-order chi connectivity index (χ1) is 7.26. The lowest BCUT2D eigenvalue weighted by atomic mass is 10.1. The third kappa shape index (κ3) is 1.58. The van der Waals surface area contributed by atoms with Crippen LogP contribution in [-0.2, 0) is 0 Å². The van der Waals surface area contributed by atoms with Gasteiger partial charge in [-0.15, -0.1) is 11.6 Å². The van der Waals surface area contributed by atoms with Gasteiger partial charge in [0.2, 0.25) is 0 Å². The smallest absolute Gasteiger partial charge is 0.301 e. The minimum atomic E-state index is -0.236. The van der Waals surface area contributed by atoms with Gasteiger partial charge in [-0.3, -0.25) is 4.79 Å². The molecule has 2 aromatic rings. The Balaban J connectivity index is 2.71. The molecule has 0 saturated carbocycles. The molecule has 0 spiro atoms. The summed E-state index contributed by atoms with van der Waals surface area (Å²) in [5.74, 6) is -0.409. The fourth-order valence-electron chi connectivity index (χ4n) is 1.29. The number of nitrogens with zero attached hydrogens (tertiary/aromatic N) is 2. The van der Waals surface area contributed by atoms with E-state index in [4.69, 9.17) is 21.3 Å². The van der Waals surface area contributed by atoms with Crippen LogP contribution in [-0.4, -0.2) is 16.6 Å². The van der Waals surface area contributed by atoms with Crippen LogP contribution in [0.15, 0.2) is 22.6 Å². The van der Waals surface area contributed by atoms with Crippen molar-refractivity contribution in [3.8, 4) is 6.07 Å². The van der Waals surface area contributed by atoms with Crippen LogP contribution in [0.5, 0.6) is 0 Å². The van der Waals surface area contributed by atoms with Crippen molar-refractivity contribution in [2.75, 3.05) is 5.88 Å². The third-order valence-corrected chi connectivity index (χ3v) is 2.18. The normalized spacial score (nSPS) is 10.1. The quantitative estimate of drug-likeness (QED) is 0.574. The molecule has 2 rings (SSSR count). The van der Waals surface area contributed by atoms with Gasteiger partial charge >= 0.3 is 5.89 Å². The first-order valence-corrected chi connectivity index (χ1v) is 4.68. The van der Waals surface area contributed by atoms with Gasteiger partial charge in [-0.2, -0.15) is 10.2 Å². The van der Waals surface area contributed by atoms with Crippen molar-refractivity contribution >= 4 is 28.5 Å². The number of carbonyl (C=O) groups excluding carboxylic acids is 1. The molecule has 0 radical (unpaired) electrons. The van der Waals surface area contributed by atoms with Crippen molar-refractivity contribution in [3.63, 3.8) is 0 Å². The molecule has 0 saturated heterocycles. The first kappa shape index (κ1) is 9.69. The van der Waals surface area contributed by atoms with Gasteiger partial charge in [0.1, 0.15) is 5.52 Å². The van der Waals surface area contributed by atoms with E-state index >= 15 is 0 Å². The number of ketones is 1. The molecule has 5 heteroatoms. The van der Waals surface area contributed by atoms with Crippen molar-refractivity contribution in [2.24, 2.45) is 0 Å². The van der Waals surface area contributed by atoms with E-state index in [-0.39, 0.29) is 17.6 Å². The average Bonchev–Trinajstić information content (AvgIpc) is 2.70. The van der Waals surface area contributed by atoms with Gasteiger partial charge in [0.25, 0.3) is 0 Å². The number of rotatable bonds is 2. The third-order valence-electron chi connectivity index (χ3n) is 1.94. The Kier molecular flexibility index (Phi) is 2.40. The number of fused-ring (bicyclic) bond motifs is 1. The zero-order chi connectivity index (χ0) is 10.8. The number of halogens is 1. The highest BCUT2D eigenvalue weighted by atomic mass is 35.5. The minimum absolute atomic E-state index is 0.0557. The molecular formula is C10H5ClN2O2. The van der Waals surface area contributed by atoms with Gasteiger partial charge in [-0.1, -0.05) is 6.07 Å². The Labute approximate surface area is 90.1 Å². The van der Waals surface area contributed by atoms with E-state index in [0.29, 0.717) is 16.7 Å². The number of hydrogen-bond donors (Lipinski definition) is 0. The molecule has 74 valence electrons. The minimum Gasteiger partial charge on any atom is -0.428 e. The topological polar surface area (TPSA) is 66.9 Å². The number of oxazole rings is 1. The van der Waals surface area contributed by atoms with Crippen LogP contribution in [0.4, 0.5) is 0 Å². The number of alkyl halides is 1. The SMILES string of the molecule is N#Cc1nc2c(C(=O)CCl)cccc2o1. The van der Waals surface area contributed by atoms with Crippen molar-refractivity contribution in [2.45, 2.75) is 0 Å². The van der Waals surface area contributed by atoms with Gasteiger partial charge in [0.15, 0.2) is 17.4 Å².